The molecule has 1 aliphatic rings. The fraction of sp³-hybridized carbons (Fsp3) is 0.533. The van der Waals surface area contributed by atoms with Gasteiger partial charge >= 0.3 is 0 Å². The number of likely N-dealkylation sites (N-methyl/N-ethyl adjacent to an activating group) is 1. The second-order valence-electron chi connectivity index (χ2n) is 5.47. The molecule has 1 N–H and O–H groups in total. The van der Waals surface area contributed by atoms with Crippen LogP contribution in [0.3, 0.4) is 0 Å². The molecule has 4 nitrogen and oxygen atoms in total. The van der Waals surface area contributed by atoms with Crippen molar-refractivity contribution in [3.05, 3.63) is 35.6 Å². The van der Waals surface area contributed by atoms with E-state index in [9.17, 15) is 14.3 Å². The van der Waals surface area contributed by atoms with Gasteiger partial charge in [-0.05, 0) is 44.6 Å². The number of hydrogen-bond donors (Lipinski definition) is 1. The van der Waals surface area contributed by atoms with Gasteiger partial charge in [-0.15, -0.1) is 0 Å². The summed E-state index contributed by atoms with van der Waals surface area (Å²) >= 11 is 0. The Bertz CT molecular complexity index is 453. The number of hydrogen-bond acceptors (Lipinski definition) is 3. The lowest BCUT2D eigenvalue weighted by Gasteiger charge is -2.34. The van der Waals surface area contributed by atoms with Crippen LogP contribution in [0.15, 0.2) is 24.3 Å². The molecule has 1 amide bonds. The summed E-state index contributed by atoms with van der Waals surface area (Å²) in [7, 11) is 3.68. The highest BCUT2D eigenvalue weighted by Crippen LogP contribution is 2.23. The number of rotatable bonds is 3. The summed E-state index contributed by atoms with van der Waals surface area (Å²) in [5.41, 5.74) is 0.785. The number of amides is 1. The zero-order chi connectivity index (χ0) is 14.7. The van der Waals surface area contributed by atoms with Gasteiger partial charge in [-0.1, -0.05) is 12.1 Å². The Kier molecular flexibility index (Phi) is 4.73. The molecular formula is C15H21FN2O2. The highest BCUT2D eigenvalue weighted by molar-refractivity contribution is 5.83. The smallest absolute Gasteiger partial charge is 0.244 e. The summed E-state index contributed by atoms with van der Waals surface area (Å²) in [5, 5.41) is 9.51. The normalized spacial score (nSPS) is 18.4. The van der Waals surface area contributed by atoms with Crippen LogP contribution in [0.1, 0.15) is 24.4 Å². The molecule has 1 aromatic rings. The van der Waals surface area contributed by atoms with Gasteiger partial charge in [0.2, 0.25) is 5.91 Å². The maximum atomic E-state index is 13.0. The van der Waals surface area contributed by atoms with E-state index in [1.54, 1.807) is 17.0 Å². The first-order chi connectivity index (χ1) is 9.49. The van der Waals surface area contributed by atoms with E-state index in [1.165, 1.54) is 12.1 Å². The van der Waals surface area contributed by atoms with E-state index in [-0.39, 0.29) is 17.8 Å². The summed E-state index contributed by atoms with van der Waals surface area (Å²) in [5.74, 6) is -0.298. The van der Waals surface area contributed by atoms with Crippen LogP contribution in [0.5, 0.6) is 0 Å². The van der Waals surface area contributed by atoms with Crippen molar-refractivity contribution in [2.24, 2.45) is 0 Å². The van der Waals surface area contributed by atoms with Crippen molar-refractivity contribution >= 4 is 5.91 Å². The third-order valence-electron chi connectivity index (χ3n) is 3.71. The molecule has 0 unspecified atom stereocenters. The molecule has 0 bridgehead atoms. The van der Waals surface area contributed by atoms with E-state index < -0.39 is 6.04 Å². The molecule has 0 saturated carbocycles. The minimum atomic E-state index is -0.411. The molecule has 2 rings (SSSR count). The van der Waals surface area contributed by atoms with Crippen LogP contribution in [0, 0.1) is 5.82 Å². The molecule has 1 atom stereocenters. The number of aliphatic hydroxyl groups excluding tert-OH is 1. The molecule has 5 heteroatoms. The SMILES string of the molecule is CN(C)[C@@H](C(=O)N1CCC(O)CC1)c1ccc(F)cc1. The maximum absolute atomic E-state index is 13.0. The molecule has 1 fully saturated rings. The summed E-state index contributed by atoms with van der Waals surface area (Å²) < 4.78 is 13.0. The van der Waals surface area contributed by atoms with Gasteiger partial charge in [-0.2, -0.15) is 0 Å². The van der Waals surface area contributed by atoms with Crippen LogP contribution in [0.25, 0.3) is 0 Å². The Labute approximate surface area is 118 Å². The van der Waals surface area contributed by atoms with Crippen LogP contribution in [-0.4, -0.2) is 54.1 Å². The molecule has 110 valence electrons. The molecule has 0 aromatic heterocycles. The Morgan fingerprint density at radius 2 is 1.85 bits per heavy atom. The first-order valence-corrected chi connectivity index (χ1v) is 6.88. The molecule has 1 saturated heterocycles. The Hall–Kier alpha value is -1.46. The Morgan fingerprint density at radius 1 is 1.30 bits per heavy atom. The van der Waals surface area contributed by atoms with Crippen LogP contribution < -0.4 is 0 Å². The monoisotopic (exact) mass is 280 g/mol. The predicted molar refractivity (Wildman–Crippen MR) is 74.6 cm³/mol. The highest BCUT2D eigenvalue weighted by Gasteiger charge is 2.30. The third-order valence-corrected chi connectivity index (χ3v) is 3.71. The van der Waals surface area contributed by atoms with Gasteiger partial charge in [-0.3, -0.25) is 9.69 Å². The molecule has 1 aromatic carbocycles. The zero-order valence-electron chi connectivity index (χ0n) is 11.9. The third kappa shape index (κ3) is 3.35. The van der Waals surface area contributed by atoms with Gasteiger partial charge in [-0.25, -0.2) is 4.39 Å². The van der Waals surface area contributed by atoms with Crippen LogP contribution in [0.2, 0.25) is 0 Å². The Balaban J connectivity index is 2.16. The minimum Gasteiger partial charge on any atom is -0.393 e. The molecule has 1 heterocycles. The molecule has 0 aliphatic carbocycles. The number of benzene rings is 1. The molecular weight excluding hydrogens is 259 g/mol. The number of nitrogens with zero attached hydrogens (tertiary/aromatic N) is 2. The van der Waals surface area contributed by atoms with Gasteiger partial charge in [0.05, 0.1) is 6.10 Å². The fourth-order valence-electron chi connectivity index (χ4n) is 2.57. The minimum absolute atomic E-state index is 0.00788. The summed E-state index contributed by atoms with van der Waals surface area (Å²) in [6.07, 6.45) is 0.938. The fourth-order valence-corrected chi connectivity index (χ4v) is 2.57. The lowest BCUT2D eigenvalue weighted by Crippen LogP contribution is -2.45. The standard InChI is InChI=1S/C15H21FN2O2/c1-17(2)14(11-3-5-12(16)6-4-11)15(20)18-9-7-13(19)8-10-18/h3-6,13-14,19H,7-10H2,1-2H3/t14-/m1/s1. The second-order valence-corrected chi connectivity index (χ2v) is 5.47. The van der Waals surface area contributed by atoms with E-state index in [0.717, 1.165) is 5.56 Å². The van der Waals surface area contributed by atoms with Crippen molar-refractivity contribution in [2.75, 3.05) is 27.2 Å². The van der Waals surface area contributed by atoms with E-state index in [0.29, 0.717) is 25.9 Å². The molecule has 0 spiro atoms. The number of halogens is 1. The molecule has 1 aliphatic heterocycles. The van der Waals surface area contributed by atoms with Crippen LogP contribution >= 0.6 is 0 Å². The number of piperidine rings is 1. The molecule has 0 radical (unpaired) electrons. The van der Waals surface area contributed by atoms with Crippen molar-refractivity contribution in [1.82, 2.24) is 9.80 Å². The summed E-state index contributed by atoms with van der Waals surface area (Å²) in [6, 6.07) is 5.64. The summed E-state index contributed by atoms with van der Waals surface area (Å²) in [6.45, 7) is 1.15. The van der Waals surface area contributed by atoms with Crippen molar-refractivity contribution in [2.45, 2.75) is 25.0 Å². The van der Waals surface area contributed by atoms with Gasteiger partial charge in [0.15, 0.2) is 0 Å². The van der Waals surface area contributed by atoms with Gasteiger partial charge in [0.1, 0.15) is 11.9 Å². The molecule has 20 heavy (non-hydrogen) atoms. The lowest BCUT2D eigenvalue weighted by molar-refractivity contribution is -0.138. The average Bonchev–Trinajstić information content (AvgIpc) is 2.41. The number of carbonyl (C=O) groups is 1. The van der Waals surface area contributed by atoms with E-state index >= 15 is 0 Å². The van der Waals surface area contributed by atoms with E-state index in [4.69, 9.17) is 0 Å². The second kappa shape index (κ2) is 6.33. The van der Waals surface area contributed by atoms with Crippen LogP contribution in [-0.2, 0) is 4.79 Å². The zero-order valence-corrected chi connectivity index (χ0v) is 11.9. The quantitative estimate of drug-likeness (QED) is 0.910. The van der Waals surface area contributed by atoms with Crippen molar-refractivity contribution < 1.29 is 14.3 Å². The number of aliphatic hydroxyl groups is 1. The highest BCUT2D eigenvalue weighted by atomic mass is 19.1. The van der Waals surface area contributed by atoms with Gasteiger partial charge < -0.3 is 10.0 Å². The van der Waals surface area contributed by atoms with Crippen molar-refractivity contribution in [3.63, 3.8) is 0 Å². The Morgan fingerprint density at radius 3 is 2.35 bits per heavy atom. The van der Waals surface area contributed by atoms with E-state index in [2.05, 4.69) is 0 Å². The number of carbonyl (C=O) groups excluding carboxylic acids is 1. The van der Waals surface area contributed by atoms with Gasteiger partial charge in [0.25, 0.3) is 0 Å². The largest absolute Gasteiger partial charge is 0.393 e. The first kappa shape index (κ1) is 14.9. The van der Waals surface area contributed by atoms with Crippen molar-refractivity contribution in [3.8, 4) is 0 Å². The van der Waals surface area contributed by atoms with Gasteiger partial charge in [0, 0.05) is 13.1 Å². The predicted octanol–water partition coefficient (Wildman–Crippen LogP) is 1.41. The topological polar surface area (TPSA) is 43.8 Å². The lowest BCUT2D eigenvalue weighted by atomic mass is 10.0. The number of likely N-dealkylation sites (tertiary alicyclic amines) is 1. The van der Waals surface area contributed by atoms with Crippen molar-refractivity contribution in [1.29, 1.82) is 0 Å². The van der Waals surface area contributed by atoms with E-state index in [1.807, 2.05) is 19.0 Å². The summed E-state index contributed by atoms with van der Waals surface area (Å²) in [4.78, 5) is 16.3. The maximum Gasteiger partial charge on any atom is 0.244 e. The average molecular weight is 280 g/mol. The van der Waals surface area contributed by atoms with Crippen LogP contribution in [0.4, 0.5) is 4.39 Å². The first-order valence-electron chi connectivity index (χ1n) is 6.88.